The van der Waals surface area contributed by atoms with Crippen molar-refractivity contribution in [3.05, 3.63) is 65.4 Å². The summed E-state index contributed by atoms with van der Waals surface area (Å²) in [5, 5.41) is 7.65. The van der Waals surface area contributed by atoms with Crippen LogP contribution < -0.4 is 14.8 Å². The van der Waals surface area contributed by atoms with Crippen LogP contribution in [0.15, 0.2) is 54.9 Å². The predicted octanol–water partition coefficient (Wildman–Crippen LogP) is 3.87. The monoisotopic (exact) mass is 383 g/mol. The quantitative estimate of drug-likeness (QED) is 0.726. The molecule has 0 spiro atoms. The number of hydrogen-bond acceptors (Lipinski definition) is 4. The molecule has 0 radical (unpaired) electrons. The van der Waals surface area contributed by atoms with E-state index in [4.69, 9.17) is 21.1 Å². The van der Waals surface area contributed by atoms with Gasteiger partial charge in [0.2, 0.25) is 5.91 Å². The van der Waals surface area contributed by atoms with Crippen molar-refractivity contribution in [1.29, 1.82) is 0 Å². The van der Waals surface area contributed by atoms with Gasteiger partial charge in [0.25, 0.3) is 0 Å². The second-order valence-electron chi connectivity index (χ2n) is 6.11. The van der Waals surface area contributed by atoms with E-state index in [0.29, 0.717) is 42.5 Å². The van der Waals surface area contributed by atoms with Crippen LogP contribution in [0.2, 0.25) is 5.02 Å². The Balaban J connectivity index is 1.44. The summed E-state index contributed by atoms with van der Waals surface area (Å²) < 4.78 is 12.7. The number of nitrogens with one attached hydrogen (secondary N) is 1. The number of benzene rings is 2. The van der Waals surface area contributed by atoms with Crippen LogP contribution in [0.5, 0.6) is 11.5 Å². The molecule has 0 saturated heterocycles. The van der Waals surface area contributed by atoms with Crippen LogP contribution in [-0.4, -0.2) is 28.9 Å². The van der Waals surface area contributed by atoms with Gasteiger partial charge in [-0.15, -0.1) is 0 Å². The van der Waals surface area contributed by atoms with E-state index in [9.17, 15) is 4.79 Å². The number of aromatic nitrogens is 2. The van der Waals surface area contributed by atoms with Crippen molar-refractivity contribution in [3.8, 4) is 17.2 Å². The van der Waals surface area contributed by atoms with E-state index in [1.165, 1.54) is 0 Å². The molecule has 2 aromatic carbocycles. The van der Waals surface area contributed by atoms with E-state index in [1.54, 1.807) is 35.3 Å². The summed E-state index contributed by atoms with van der Waals surface area (Å²) in [4.78, 5) is 12.5. The molecule has 0 fully saturated rings. The molecule has 138 valence electrons. The van der Waals surface area contributed by atoms with Crippen molar-refractivity contribution in [2.75, 3.05) is 18.5 Å². The van der Waals surface area contributed by atoms with Crippen LogP contribution in [0.1, 0.15) is 12.0 Å². The molecule has 4 rings (SSSR count). The molecule has 1 N–H and O–H groups in total. The van der Waals surface area contributed by atoms with Gasteiger partial charge in [-0.2, -0.15) is 5.10 Å². The molecule has 27 heavy (non-hydrogen) atoms. The number of rotatable bonds is 5. The second kappa shape index (κ2) is 7.72. The van der Waals surface area contributed by atoms with Gasteiger partial charge in [-0.3, -0.25) is 4.79 Å². The van der Waals surface area contributed by atoms with Gasteiger partial charge in [-0.05, 0) is 42.3 Å². The van der Waals surface area contributed by atoms with Crippen molar-refractivity contribution in [1.82, 2.24) is 9.78 Å². The Bertz CT molecular complexity index is 957. The Kier molecular flexibility index (Phi) is 4.98. The molecule has 1 aliphatic rings. The normalized spacial score (nSPS) is 12.6. The highest BCUT2D eigenvalue weighted by Gasteiger charge is 2.14. The maximum Gasteiger partial charge on any atom is 0.224 e. The number of aryl methyl sites for hydroxylation is 1. The number of hydrogen-bond donors (Lipinski definition) is 1. The fraction of sp³-hybridized carbons (Fsp3) is 0.200. The lowest BCUT2D eigenvalue weighted by molar-refractivity contribution is -0.116. The maximum absolute atomic E-state index is 12.5. The summed E-state index contributed by atoms with van der Waals surface area (Å²) in [6.07, 6.45) is 4.38. The van der Waals surface area contributed by atoms with Crippen LogP contribution >= 0.6 is 11.6 Å². The predicted molar refractivity (Wildman–Crippen MR) is 103 cm³/mol. The lowest BCUT2D eigenvalue weighted by Crippen LogP contribution is -2.16. The maximum atomic E-state index is 12.5. The number of ether oxygens (including phenoxy) is 2. The van der Waals surface area contributed by atoms with Crippen LogP contribution in [0.4, 0.5) is 5.69 Å². The van der Waals surface area contributed by atoms with Gasteiger partial charge in [0, 0.05) is 18.8 Å². The van der Waals surface area contributed by atoms with Gasteiger partial charge >= 0.3 is 0 Å². The summed E-state index contributed by atoms with van der Waals surface area (Å²) >= 11 is 6.31. The van der Waals surface area contributed by atoms with Crippen LogP contribution in [0, 0.1) is 0 Å². The minimum absolute atomic E-state index is 0.0967. The average Bonchev–Trinajstić information content (AvgIpc) is 3.20. The summed E-state index contributed by atoms with van der Waals surface area (Å²) in [7, 11) is 0. The topological polar surface area (TPSA) is 65.4 Å². The Hall–Kier alpha value is -2.99. The third-order valence-electron chi connectivity index (χ3n) is 4.24. The fourth-order valence-corrected chi connectivity index (χ4v) is 3.23. The van der Waals surface area contributed by atoms with E-state index in [1.807, 2.05) is 24.3 Å². The molecule has 0 unspecified atom stereocenters. The molecule has 0 aliphatic carbocycles. The highest BCUT2D eigenvalue weighted by atomic mass is 35.5. The third kappa shape index (κ3) is 3.90. The summed E-state index contributed by atoms with van der Waals surface area (Å²) in [6.45, 7) is 1.11. The number of halogens is 1. The van der Waals surface area contributed by atoms with Crippen molar-refractivity contribution in [3.63, 3.8) is 0 Å². The number of nitrogens with zero attached hydrogens (tertiary/aromatic N) is 2. The SMILES string of the molecule is O=C(CCc1ccc2c(c1)OCCO2)Nc1cccc(Cl)c1-n1cccn1. The first-order valence-electron chi connectivity index (χ1n) is 8.67. The number of carbonyl (C=O) groups excluding carboxylic acids is 1. The van der Waals surface area contributed by atoms with E-state index >= 15 is 0 Å². The number of fused-ring (bicyclic) bond motifs is 1. The largest absolute Gasteiger partial charge is 0.486 e. The van der Waals surface area contributed by atoms with Gasteiger partial charge in [0.1, 0.15) is 18.9 Å². The summed E-state index contributed by atoms with van der Waals surface area (Å²) in [5.41, 5.74) is 2.29. The Morgan fingerprint density at radius 2 is 2.00 bits per heavy atom. The first kappa shape index (κ1) is 17.4. The number of anilines is 1. The number of carbonyl (C=O) groups is 1. The molecule has 0 saturated carbocycles. The minimum atomic E-state index is -0.0967. The highest BCUT2D eigenvalue weighted by molar-refractivity contribution is 6.33. The zero-order chi connectivity index (χ0) is 18.6. The first-order valence-corrected chi connectivity index (χ1v) is 9.05. The van der Waals surface area contributed by atoms with Gasteiger partial charge in [-0.1, -0.05) is 23.7 Å². The van der Waals surface area contributed by atoms with Crippen LogP contribution in [0.3, 0.4) is 0 Å². The molecule has 2 heterocycles. The van der Waals surface area contributed by atoms with Gasteiger partial charge in [0.15, 0.2) is 11.5 Å². The van der Waals surface area contributed by atoms with Crippen LogP contribution in [-0.2, 0) is 11.2 Å². The molecule has 1 amide bonds. The molecule has 6 nitrogen and oxygen atoms in total. The van der Waals surface area contributed by atoms with Crippen molar-refractivity contribution >= 4 is 23.2 Å². The average molecular weight is 384 g/mol. The first-order chi connectivity index (χ1) is 13.2. The zero-order valence-corrected chi connectivity index (χ0v) is 15.3. The Labute approximate surface area is 161 Å². The molecule has 1 aromatic heterocycles. The van der Waals surface area contributed by atoms with E-state index in [2.05, 4.69) is 10.4 Å². The molecule has 7 heteroatoms. The minimum Gasteiger partial charge on any atom is -0.486 e. The second-order valence-corrected chi connectivity index (χ2v) is 6.52. The van der Waals surface area contributed by atoms with Gasteiger partial charge in [-0.25, -0.2) is 4.68 Å². The lowest BCUT2D eigenvalue weighted by Gasteiger charge is -2.18. The number of amides is 1. The smallest absolute Gasteiger partial charge is 0.224 e. The van der Waals surface area contributed by atoms with Crippen molar-refractivity contribution in [2.24, 2.45) is 0 Å². The van der Waals surface area contributed by atoms with Gasteiger partial charge < -0.3 is 14.8 Å². The Morgan fingerprint density at radius 1 is 1.15 bits per heavy atom. The molecule has 0 bridgehead atoms. The molecule has 3 aromatic rings. The molecular formula is C20H18ClN3O3. The van der Waals surface area contributed by atoms with Gasteiger partial charge in [0.05, 0.1) is 10.7 Å². The molecule has 0 atom stereocenters. The fourth-order valence-electron chi connectivity index (χ4n) is 2.96. The summed E-state index contributed by atoms with van der Waals surface area (Å²) in [6, 6.07) is 12.9. The summed E-state index contributed by atoms with van der Waals surface area (Å²) in [5.74, 6) is 1.38. The van der Waals surface area contributed by atoms with E-state index in [0.717, 1.165) is 17.1 Å². The highest BCUT2D eigenvalue weighted by Crippen LogP contribution is 2.31. The van der Waals surface area contributed by atoms with Crippen LogP contribution in [0.25, 0.3) is 5.69 Å². The zero-order valence-electron chi connectivity index (χ0n) is 14.5. The standard InChI is InChI=1S/C20H18ClN3O3/c21-15-3-1-4-16(20(15)24-10-2-9-22-24)23-19(25)8-6-14-5-7-17-18(13-14)27-12-11-26-17/h1-5,7,9-10,13H,6,8,11-12H2,(H,23,25). The van der Waals surface area contributed by atoms with E-state index < -0.39 is 0 Å². The van der Waals surface area contributed by atoms with E-state index in [-0.39, 0.29) is 5.91 Å². The lowest BCUT2D eigenvalue weighted by atomic mass is 10.1. The molecular weight excluding hydrogens is 366 g/mol. The van der Waals surface area contributed by atoms with Crippen molar-refractivity contribution < 1.29 is 14.3 Å². The molecule has 1 aliphatic heterocycles. The third-order valence-corrected chi connectivity index (χ3v) is 4.55. The Morgan fingerprint density at radius 3 is 2.81 bits per heavy atom. The number of para-hydroxylation sites is 1. The van der Waals surface area contributed by atoms with Crippen molar-refractivity contribution in [2.45, 2.75) is 12.8 Å².